The molecule has 2 aromatic carbocycles. The van der Waals surface area contributed by atoms with Gasteiger partial charge in [-0.3, -0.25) is 4.79 Å². The lowest BCUT2D eigenvalue weighted by Crippen LogP contribution is -2.37. The van der Waals surface area contributed by atoms with Crippen LogP contribution in [0, 0.1) is 5.92 Å². The molecule has 1 N–H and O–H groups in total. The van der Waals surface area contributed by atoms with E-state index in [-0.39, 0.29) is 11.7 Å². The Labute approximate surface area is 118 Å². The van der Waals surface area contributed by atoms with E-state index in [4.69, 9.17) is 0 Å². The minimum atomic E-state index is 0.105. The number of piperidine rings is 1. The maximum atomic E-state index is 12.7. The van der Waals surface area contributed by atoms with Crippen molar-refractivity contribution in [3.05, 3.63) is 42.0 Å². The quantitative estimate of drug-likeness (QED) is 0.861. The molecule has 0 radical (unpaired) electrons. The van der Waals surface area contributed by atoms with Gasteiger partial charge in [0.15, 0.2) is 0 Å². The third kappa shape index (κ3) is 2.36. The smallest absolute Gasteiger partial charge is 0.254 e. The Balaban J connectivity index is 1.95. The molecular formula is C17H19NO2. The van der Waals surface area contributed by atoms with E-state index < -0.39 is 0 Å². The zero-order valence-corrected chi connectivity index (χ0v) is 11.7. The van der Waals surface area contributed by atoms with Gasteiger partial charge in [-0.05, 0) is 53.8 Å². The number of carbonyl (C=O) groups is 1. The van der Waals surface area contributed by atoms with Crippen LogP contribution in [-0.2, 0) is 0 Å². The summed E-state index contributed by atoms with van der Waals surface area (Å²) in [6.45, 7) is 3.92. The molecule has 0 aliphatic carbocycles. The molecule has 3 nitrogen and oxygen atoms in total. The van der Waals surface area contributed by atoms with Gasteiger partial charge in [0.05, 0.1) is 0 Å². The van der Waals surface area contributed by atoms with Crippen molar-refractivity contribution >= 4 is 16.7 Å². The van der Waals surface area contributed by atoms with Crippen molar-refractivity contribution in [1.82, 2.24) is 4.90 Å². The summed E-state index contributed by atoms with van der Waals surface area (Å²) in [5.74, 6) is 1.05. The zero-order valence-electron chi connectivity index (χ0n) is 11.7. The number of amides is 1. The first-order chi connectivity index (χ1) is 9.65. The van der Waals surface area contributed by atoms with Crippen LogP contribution in [0.25, 0.3) is 10.8 Å². The summed E-state index contributed by atoms with van der Waals surface area (Å²) >= 11 is 0. The minimum absolute atomic E-state index is 0.105. The standard InChI is InChI=1S/C17H19NO2/c1-12-7-9-18(10-8-12)17(20)16-4-2-3-13-11-14(19)5-6-15(13)16/h2-6,11-12,19H,7-10H2,1H3. The van der Waals surface area contributed by atoms with Gasteiger partial charge in [0, 0.05) is 18.7 Å². The summed E-state index contributed by atoms with van der Waals surface area (Å²) in [6, 6.07) is 10.8. The fourth-order valence-corrected chi connectivity index (χ4v) is 2.84. The van der Waals surface area contributed by atoms with Crippen LogP contribution in [-0.4, -0.2) is 29.0 Å². The average Bonchev–Trinajstić information content (AvgIpc) is 2.46. The molecule has 0 aromatic heterocycles. The van der Waals surface area contributed by atoms with Gasteiger partial charge in [-0.1, -0.05) is 19.1 Å². The Morgan fingerprint density at radius 2 is 1.95 bits per heavy atom. The third-order valence-corrected chi connectivity index (χ3v) is 4.17. The van der Waals surface area contributed by atoms with Gasteiger partial charge in [-0.25, -0.2) is 0 Å². The van der Waals surface area contributed by atoms with Crippen LogP contribution < -0.4 is 0 Å². The first-order valence-corrected chi connectivity index (χ1v) is 7.16. The number of phenolic OH excluding ortho intramolecular Hbond substituents is 1. The Morgan fingerprint density at radius 3 is 2.70 bits per heavy atom. The molecule has 0 saturated carbocycles. The second-order valence-corrected chi connectivity index (χ2v) is 5.69. The molecule has 1 amide bonds. The molecule has 3 heteroatoms. The molecule has 2 aromatic rings. The van der Waals surface area contributed by atoms with Crippen LogP contribution in [0.2, 0.25) is 0 Å². The summed E-state index contributed by atoms with van der Waals surface area (Å²) in [4.78, 5) is 14.6. The Hall–Kier alpha value is -2.03. The third-order valence-electron chi connectivity index (χ3n) is 4.17. The number of hydrogen-bond donors (Lipinski definition) is 1. The first-order valence-electron chi connectivity index (χ1n) is 7.16. The van der Waals surface area contributed by atoms with E-state index >= 15 is 0 Å². The normalized spacial score (nSPS) is 16.6. The molecule has 0 atom stereocenters. The number of fused-ring (bicyclic) bond motifs is 1. The van der Waals surface area contributed by atoms with E-state index in [1.54, 1.807) is 12.1 Å². The lowest BCUT2D eigenvalue weighted by atomic mass is 9.97. The van der Waals surface area contributed by atoms with Crippen LogP contribution >= 0.6 is 0 Å². The van der Waals surface area contributed by atoms with Crippen LogP contribution in [0.1, 0.15) is 30.1 Å². The van der Waals surface area contributed by atoms with Crippen LogP contribution in [0.15, 0.2) is 36.4 Å². The molecule has 104 valence electrons. The number of aromatic hydroxyl groups is 1. The van der Waals surface area contributed by atoms with Gasteiger partial charge in [-0.15, -0.1) is 0 Å². The maximum absolute atomic E-state index is 12.7. The summed E-state index contributed by atoms with van der Waals surface area (Å²) in [5, 5.41) is 11.4. The zero-order chi connectivity index (χ0) is 14.1. The van der Waals surface area contributed by atoms with Gasteiger partial charge in [0.1, 0.15) is 5.75 Å². The summed E-state index contributed by atoms with van der Waals surface area (Å²) in [7, 11) is 0. The highest BCUT2D eigenvalue weighted by Crippen LogP contribution is 2.25. The maximum Gasteiger partial charge on any atom is 0.254 e. The fourth-order valence-electron chi connectivity index (χ4n) is 2.84. The largest absolute Gasteiger partial charge is 0.508 e. The number of phenols is 1. The molecular weight excluding hydrogens is 250 g/mol. The number of benzene rings is 2. The number of hydrogen-bond acceptors (Lipinski definition) is 2. The van der Waals surface area contributed by atoms with Crippen LogP contribution in [0.5, 0.6) is 5.75 Å². The molecule has 1 aliphatic heterocycles. The predicted molar refractivity (Wildman–Crippen MR) is 79.9 cm³/mol. The van der Waals surface area contributed by atoms with Gasteiger partial charge in [0.2, 0.25) is 0 Å². The molecule has 1 aliphatic rings. The Kier molecular flexibility index (Phi) is 3.35. The summed E-state index contributed by atoms with van der Waals surface area (Å²) in [5.41, 5.74) is 0.733. The van der Waals surface area contributed by atoms with Gasteiger partial charge >= 0.3 is 0 Å². The van der Waals surface area contributed by atoms with E-state index in [0.29, 0.717) is 5.92 Å². The van der Waals surface area contributed by atoms with E-state index in [9.17, 15) is 9.90 Å². The molecule has 3 rings (SSSR count). The number of rotatable bonds is 1. The Morgan fingerprint density at radius 1 is 1.20 bits per heavy atom. The van der Waals surface area contributed by atoms with Crippen molar-refractivity contribution in [3.8, 4) is 5.75 Å². The van der Waals surface area contributed by atoms with Crippen molar-refractivity contribution in [2.24, 2.45) is 5.92 Å². The number of nitrogens with zero attached hydrogens (tertiary/aromatic N) is 1. The van der Waals surface area contributed by atoms with Crippen LogP contribution in [0.3, 0.4) is 0 Å². The second kappa shape index (κ2) is 5.16. The average molecular weight is 269 g/mol. The summed E-state index contributed by atoms with van der Waals surface area (Å²) < 4.78 is 0. The van der Waals surface area contributed by atoms with Crippen molar-refractivity contribution in [2.45, 2.75) is 19.8 Å². The van der Waals surface area contributed by atoms with Gasteiger partial charge in [0.25, 0.3) is 5.91 Å². The predicted octanol–water partition coefficient (Wildman–Crippen LogP) is 3.42. The molecule has 1 fully saturated rings. The van der Waals surface area contributed by atoms with E-state index in [0.717, 1.165) is 42.3 Å². The van der Waals surface area contributed by atoms with E-state index in [2.05, 4.69) is 6.92 Å². The van der Waals surface area contributed by atoms with E-state index in [1.807, 2.05) is 29.2 Å². The number of carbonyl (C=O) groups excluding carboxylic acids is 1. The van der Waals surface area contributed by atoms with Crippen molar-refractivity contribution in [3.63, 3.8) is 0 Å². The minimum Gasteiger partial charge on any atom is -0.508 e. The molecule has 1 heterocycles. The number of likely N-dealkylation sites (tertiary alicyclic amines) is 1. The highest BCUT2D eigenvalue weighted by molar-refractivity contribution is 6.07. The molecule has 0 unspecified atom stereocenters. The topological polar surface area (TPSA) is 40.5 Å². The van der Waals surface area contributed by atoms with Gasteiger partial charge < -0.3 is 10.0 Å². The molecule has 0 bridgehead atoms. The molecule has 20 heavy (non-hydrogen) atoms. The fraction of sp³-hybridized carbons (Fsp3) is 0.353. The lowest BCUT2D eigenvalue weighted by Gasteiger charge is -2.30. The van der Waals surface area contributed by atoms with Crippen molar-refractivity contribution in [2.75, 3.05) is 13.1 Å². The Bertz CT molecular complexity index is 642. The van der Waals surface area contributed by atoms with Crippen molar-refractivity contribution in [1.29, 1.82) is 0 Å². The second-order valence-electron chi connectivity index (χ2n) is 5.69. The van der Waals surface area contributed by atoms with Crippen LogP contribution in [0.4, 0.5) is 0 Å². The highest BCUT2D eigenvalue weighted by Gasteiger charge is 2.22. The molecule has 1 saturated heterocycles. The van der Waals surface area contributed by atoms with E-state index in [1.165, 1.54) is 0 Å². The van der Waals surface area contributed by atoms with Gasteiger partial charge in [-0.2, -0.15) is 0 Å². The monoisotopic (exact) mass is 269 g/mol. The summed E-state index contributed by atoms with van der Waals surface area (Å²) in [6.07, 6.45) is 2.16. The first kappa shape index (κ1) is 13.0. The lowest BCUT2D eigenvalue weighted by molar-refractivity contribution is 0.0699. The highest BCUT2D eigenvalue weighted by atomic mass is 16.3. The van der Waals surface area contributed by atoms with Crippen molar-refractivity contribution < 1.29 is 9.90 Å². The molecule has 0 spiro atoms. The SMILES string of the molecule is CC1CCN(C(=O)c2cccc3cc(O)ccc23)CC1.